The van der Waals surface area contributed by atoms with E-state index in [9.17, 15) is 29.3 Å². The Morgan fingerprint density at radius 2 is 1.23 bits per heavy atom. The molecule has 0 aliphatic rings. The van der Waals surface area contributed by atoms with Crippen LogP contribution in [-0.4, -0.2) is 38.6 Å². The third-order valence-electron chi connectivity index (χ3n) is 4.23. The van der Waals surface area contributed by atoms with Gasteiger partial charge in [0.2, 0.25) is 0 Å². The molecule has 0 saturated heterocycles. The quantitative estimate of drug-likeness (QED) is 0.345. The number of nitro benzene ring substituents is 1. The number of hydrogen-bond donors (Lipinski definition) is 2. The van der Waals surface area contributed by atoms with Crippen LogP contribution in [0.2, 0.25) is 0 Å². The maximum absolute atomic E-state index is 11.5. The lowest BCUT2D eigenvalue weighted by Gasteiger charge is -2.01. The first-order chi connectivity index (χ1) is 14.5. The fraction of sp³-hybridized carbons (Fsp3) is 0.273. The highest BCUT2D eigenvalue weighted by Crippen LogP contribution is 2.20. The van der Waals surface area contributed by atoms with Crippen molar-refractivity contribution in [1.82, 2.24) is 0 Å². The van der Waals surface area contributed by atoms with E-state index in [1.54, 1.807) is 19.1 Å². The van der Waals surface area contributed by atoms with E-state index in [-0.39, 0.29) is 42.7 Å². The second kappa shape index (κ2) is 12.0. The van der Waals surface area contributed by atoms with Gasteiger partial charge in [-0.15, -0.1) is 0 Å². The van der Waals surface area contributed by atoms with Gasteiger partial charge in [0.1, 0.15) is 0 Å². The summed E-state index contributed by atoms with van der Waals surface area (Å²) in [6.07, 6.45) is -0.471. The number of aliphatic carboxylic acids is 2. The van der Waals surface area contributed by atoms with E-state index in [1.807, 2.05) is 19.1 Å². The summed E-state index contributed by atoms with van der Waals surface area (Å²) in [7, 11) is 0. The number of benzene rings is 2. The number of carbonyl (C=O) groups excluding carboxylic acids is 2. The lowest BCUT2D eigenvalue weighted by molar-refractivity contribution is -0.385. The Bertz CT molecular complexity index is 980. The predicted molar refractivity (Wildman–Crippen MR) is 111 cm³/mol. The zero-order valence-electron chi connectivity index (χ0n) is 17.2. The van der Waals surface area contributed by atoms with Gasteiger partial charge in [0.05, 0.1) is 17.8 Å². The van der Waals surface area contributed by atoms with Crippen LogP contribution in [0, 0.1) is 24.0 Å². The minimum absolute atomic E-state index is 0.0679. The summed E-state index contributed by atoms with van der Waals surface area (Å²) in [4.78, 5) is 53.6. The molecule has 9 nitrogen and oxygen atoms in total. The molecule has 0 radical (unpaired) electrons. The molecule has 0 heterocycles. The maximum Gasteiger partial charge on any atom is 0.303 e. The minimum Gasteiger partial charge on any atom is -0.481 e. The van der Waals surface area contributed by atoms with Gasteiger partial charge in [-0.05, 0) is 13.8 Å². The highest BCUT2D eigenvalue weighted by molar-refractivity contribution is 5.98. The van der Waals surface area contributed by atoms with Crippen LogP contribution in [0.1, 0.15) is 57.5 Å². The van der Waals surface area contributed by atoms with Crippen molar-refractivity contribution in [3.63, 3.8) is 0 Å². The molecule has 0 spiro atoms. The molecular formula is C22H23NO8. The molecule has 0 unspecified atom stereocenters. The SMILES string of the molecule is Cc1ccc(C(=O)CCC(=O)O)cc1.Cc1ccc(C(=O)CCC(=O)O)cc1[N+](=O)[O-]. The fourth-order valence-electron chi connectivity index (χ4n) is 2.45. The lowest BCUT2D eigenvalue weighted by Crippen LogP contribution is -2.04. The molecule has 0 aromatic heterocycles. The van der Waals surface area contributed by atoms with E-state index >= 15 is 0 Å². The number of carbonyl (C=O) groups is 4. The Balaban J connectivity index is 0.000000316. The third-order valence-corrected chi connectivity index (χ3v) is 4.23. The van der Waals surface area contributed by atoms with E-state index in [0.717, 1.165) is 5.56 Å². The van der Waals surface area contributed by atoms with Gasteiger partial charge in [-0.25, -0.2) is 0 Å². The van der Waals surface area contributed by atoms with Crippen LogP contribution >= 0.6 is 0 Å². The Morgan fingerprint density at radius 1 is 0.774 bits per heavy atom. The summed E-state index contributed by atoms with van der Waals surface area (Å²) < 4.78 is 0. The molecule has 2 aromatic rings. The monoisotopic (exact) mass is 429 g/mol. The Labute approximate surface area is 178 Å². The van der Waals surface area contributed by atoms with Crippen LogP contribution < -0.4 is 0 Å². The molecule has 31 heavy (non-hydrogen) atoms. The minimum atomic E-state index is -1.07. The number of carboxylic acids is 2. The third kappa shape index (κ3) is 8.99. The molecule has 2 N–H and O–H groups in total. The maximum atomic E-state index is 11.5. The first-order valence-electron chi connectivity index (χ1n) is 9.33. The Morgan fingerprint density at radius 3 is 1.68 bits per heavy atom. The summed E-state index contributed by atoms with van der Waals surface area (Å²) in [6, 6.07) is 11.2. The van der Waals surface area contributed by atoms with Crippen LogP contribution in [-0.2, 0) is 9.59 Å². The summed E-state index contributed by atoms with van der Waals surface area (Å²) in [5.74, 6) is -2.53. The van der Waals surface area contributed by atoms with Gasteiger partial charge in [-0.1, -0.05) is 42.0 Å². The highest BCUT2D eigenvalue weighted by Gasteiger charge is 2.15. The topological polar surface area (TPSA) is 152 Å². The first kappa shape index (κ1) is 25.2. The van der Waals surface area contributed by atoms with Crippen molar-refractivity contribution in [3.05, 3.63) is 74.8 Å². The zero-order valence-corrected chi connectivity index (χ0v) is 17.2. The molecule has 2 aromatic carbocycles. The van der Waals surface area contributed by atoms with E-state index in [1.165, 1.54) is 18.2 Å². The number of nitrogens with zero attached hydrogens (tertiary/aromatic N) is 1. The van der Waals surface area contributed by atoms with Crippen molar-refractivity contribution in [2.45, 2.75) is 39.5 Å². The van der Waals surface area contributed by atoms with Gasteiger partial charge < -0.3 is 10.2 Å². The smallest absolute Gasteiger partial charge is 0.303 e. The standard InChI is InChI=1S/C11H11NO5.C11H12O3/c1-7-2-3-8(6-9(7)12(16)17)10(13)4-5-11(14)15;1-8-2-4-9(5-3-8)10(12)6-7-11(13)14/h2-3,6H,4-5H2,1H3,(H,14,15);2-5H,6-7H2,1H3,(H,13,14). The molecule has 0 atom stereocenters. The van der Waals surface area contributed by atoms with Crippen LogP contribution in [0.4, 0.5) is 5.69 Å². The fourth-order valence-corrected chi connectivity index (χ4v) is 2.45. The van der Waals surface area contributed by atoms with Crippen molar-refractivity contribution in [2.75, 3.05) is 0 Å². The largest absolute Gasteiger partial charge is 0.481 e. The van der Waals surface area contributed by atoms with E-state index in [0.29, 0.717) is 11.1 Å². The van der Waals surface area contributed by atoms with E-state index in [2.05, 4.69) is 0 Å². The predicted octanol–water partition coefficient (Wildman–Crippen LogP) is 3.99. The molecule has 0 fully saturated rings. The molecule has 2 rings (SSSR count). The van der Waals surface area contributed by atoms with Crippen LogP contribution in [0.25, 0.3) is 0 Å². The number of rotatable bonds is 9. The normalized spacial score (nSPS) is 9.87. The molecular weight excluding hydrogens is 406 g/mol. The summed E-state index contributed by atoms with van der Waals surface area (Å²) in [6.45, 7) is 3.51. The molecule has 0 amide bonds. The number of Topliss-reactive ketones (excluding diaryl/α,β-unsaturated/α-hetero) is 2. The van der Waals surface area contributed by atoms with Gasteiger partial charge in [0, 0.05) is 35.6 Å². The molecule has 0 aliphatic carbocycles. The molecule has 164 valence electrons. The van der Waals surface area contributed by atoms with Crippen LogP contribution in [0.3, 0.4) is 0 Å². The van der Waals surface area contributed by atoms with Crippen LogP contribution in [0.5, 0.6) is 0 Å². The van der Waals surface area contributed by atoms with Crippen molar-refractivity contribution in [1.29, 1.82) is 0 Å². The lowest BCUT2D eigenvalue weighted by atomic mass is 10.0. The number of hydrogen-bond acceptors (Lipinski definition) is 6. The van der Waals surface area contributed by atoms with Crippen molar-refractivity contribution in [3.8, 4) is 0 Å². The summed E-state index contributed by atoms with van der Waals surface area (Å²) in [5, 5.41) is 27.5. The second-order valence-electron chi connectivity index (χ2n) is 6.76. The summed E-state index contributed by atoms with van der Waals surface area (Å²) in [5.41, 5.74) is 2.16. The van der Waals surface area contributed by atoms with Gasteiger partial charge in [-0.3, -0.25) is 29.3 Å². The number of ketones is 2. The van der Waals surface area contributed by atoms with E-state index in [4.69, 9.17) is 10.2 Å². The molecule has 9 heteroatoms. The number of nitro groups is 1. The van der Waals surface area contributed by atoms with Crippen molar-refractivity contribution in [2.24, 2.45) is 0 Å². The van der Waals surface area contributed by atoms with Gasteiger partial charge in [0.25, 0.3) is 5.69 Å². The van der Waals surface area contributed by atoms with Crippen LogP contribution in [0.15, 0.2) is 42.5 Å². The van der Waals surface area contributed by atoms with Gasteiger partial charge in [0.15, 0.2) is 11.6 Å². The van der Waals surface area contributed by atoms with Crippen molar-refractivity contribution < 1.29 is 34.3 Å². The van der Waals surface area contributed by atoms with Gasteiger partial charge in [-0.2, -0.15) is 0 Å². The molecule has 0 bridgehead atoms. The average Bonchev–Trinajstić information content (AvgIpc) is 2.71. The first-order valence-corrected chi connectivity index (χ1v) is 9.33. The summed E-state index contributed by atoms with van der Waals surface area (Å²) >= 11 is 0. The Kier molecular flexibility index (Phi) is 9.71. The average molecular weight is 429 g/mol. The number of aryl methyl sites for hydroxylation is 2. The second-order valence-corrected chi connectivity index (χ2v) is 6.76. The zero-order chi connectivity index (χ0) is 23.6. The Hall–Kier alpha value is -3.88. The van der Waals surface area contributed by atoms with Gasteiger partial charge >= 0.3 is 11.9 Å². The van der Waals surface area contributed by atoms with E-state index < -0.39 is 22.6 Å². The molecule has 0 saturated carbocycles. The highest BCUT2D eigenvalue weighted by atomic mass is 16.6. The van der Waals surface area contributed by atoms with Crippen molar-refractivity contribution >= 4 is 29.2 Å². The number of carboxylic acid groups (broad SMARTS) is 2. The molecule has 0 aliphatic heterocycles.